The van der Waals surface area contributed by atoms with Crippen LogP contribution in [0.5, 0.6) is 0 Å². The lowest BCUT2D eigenvalue weighted by Gasteiger charge is -2.23. The van der Waals surface area contributed by atoms with Crippen LogP contribution in [0.25, 0.3) is 11.4 Å². The zero-order chi connectivity index (χ0) is 20.5. The van der Waals surface area contributed by atoms with Crippen molar-refractivity contribution in [3.8, 4) is 11.4 Å². The summed E-state index contributed by atoms with van der Waals surface area (Å²) in [6.45, 7) is 6.46. The van der Waals surface area contributed by atoms with E-state index < -0.39 is 0 Å². The van der Waals surface area contributed by atoms with E-state index in [2.05, 4.69) is 34.0 Å². The SMILES string of the molecule is CCCN(CCC)c1cc(C(=O)NCc2cccnc2)nc(-c2ccccc2)n1. The van der Waals surface area contributed by atoms with Gasteiger partial charge in [0.25, 0.3) is 5.91 Å². The highest BCUT2D eigenvalue weighted by atomic mass is 16.1. The van der Waals surface area contributed by atoms with Crippen LogP contribution < -0.4 is 10.2 Å². The van der Waals surface area contributed by atoms with Gasteiger partial charge in [-0.3, -0.25) is 9.78 Å². The standard InChI is InChI=1S/C23H27N5O/c1-3-13-28(14-4-2)21-15-20(23(29)25-17-18-9-8-12-24-16-18)26-22(27-21)19-10-6-5-7-11-19/h5-12,15-16H,3-4,13-14,17H2,1-2H3,(H,25,29). The highest BCUT2D eigenvalue weighted by molar-refractivity contribution is 5.93. The van der Waals surface area contributed by atoms with Crippen molar-refractivity contribution in [3.05, 3.63) is 72.2 Å². The number of pyridine rings is 1. The third kappa shape index (κ3) is 5.60. The maximum absolute atomic E-state index is 12.9. The summed E-state index contributed by atoms with van der Waals surface area (Å²) in [4.78, 5) is 28.5. The summed E-state index contributed by atoms with van der Waals surface area (Å²) in [6.07, 6.45) is 5.47. The van der Waals surface area contributed by atoms with Crippen LogP contribution in [0, 0.1) is 0 Å². The van der Waals surface area contributed by atoms with Gasteiger partial charge in [-0.25, -0.2) is 9.97 Å². The Morgan fingerprint density at radius 2 is 1.76 bits per heavy atom. The molecule has 0 fully saturated rings. The van der Waals surface area contributed by atoms with Crippen LogP contribution in [0.1, 0.15) is 42.7 Å². The van der Waals surface area contributed by atoms with Gasteiger partial charge in [-0.2, -0.15) is 0 Å². The Hall–Kier alpha value is -3.28. The molecular weight excluding hydrogens is 362 g/mol. The van der Waals surface area contributed by atoms with Crippen molar-refractivity contribution in [1.29, 1.82) is 0 Å². The molecule has 150 valence electrons. The van der Waals surface area contributed by atoms with Gasteiger partial charge in [0, 0.05) is 43.7 Å². The minimum Gasteiger partial charge on any atom is -0.357 e. The van der Waals surface area contributed by atoms with E-state index in [9.17, 15) is 4.79 Å². The minimum atomic E-state index is -0.220. The van der Waals surface area contributed by atoms with Gasteiger partial charge in [0.05, 0.1) is 0 Å². The number of benzene rings is 1. The second-order valence-electron chi connectivity index (χ2n) is 6.83. The van der Waals surface area contributed by atoms with Gasteiger partial charge in [-0.15, -0.1) is 0 Å². The Labute approximate surface area is 172 Å². The van der Waals surface area contributed by atoms with Crippen molar-refractivity contribution >= 4 is 11.7 Å². The van der Waals surface area contributed by atoms with E-state index in [1.165, 1.54) is 0 Å². The van der Waals surface area contributed by atoms with E-state index in [1.807, 2.05) is 42.5 Å². The summed E-state index contributed by atoms with van der Waals surface area (Å²) in [5.74, 6) is 1.13. The molecule has 0 spiro atoms. The zero-order valence-corrected chi connectivity index (χ0v) is 17.0. The molecule has 1 amide bonds. The molecule has 3 aromatic rings. The van der Waals surface area contributed by atoms with Gasteiger partial charge in [0.2, 0.25) is 0 Å². The average Bonchev–Trinajstić information content (AvgIpc) is 2.78. The maximum atomic E-state index is 12.9. The average molecular weight is 390 g/mol. The Kier molecular flexibility index (Phi) is 7.28. The predicted molar refractivity (Wildman–Crippen MR) is 116 cm³/mol. The number of hydrogen-bond donors (Lipinski definition) is 1. The Morgan fingerprint density at radius 1 is 1.00 bits per heavy atom. The van der Waals surface area contributed by atoms with Crippen molar-refractivity contribution in [3.63, 3.8) is 0 Å². The lowest BCUT2D eigenvalue weighted by molar-refractivity contribution is 0.0946. The lowest BCUT2D eigenvalue weighted by Crippen LogP contribution is -2.28. The largest absolute Gasteiger partial charge is 0.357 e. The monoisotopic (exact) mass is 389 g/mol. The quantitative estimate of drug-likeness (QED) is 0.597. The molecule has 0 aliphatic heterocycles. The summed E-state index contributed by atoms with van der Waals surface area (Å²) >= 11 is 0. The minimum absolute atomic E-state index is 0.220. The molecule has 2 heterocycles. The van der Waals surface area contributed by atoms with E-state index in [0.29, 0.717) is 18.1 Å². The molecule has 0 atom stereocenters. The number of nitrogens with one attached hydrogen (secondary N) is 1. The smallest absolute Gasteiger partial charge is 0.270 e. The first kappa shape index (κ1) is 20.5. The number of nitrogens with zero attached hydrogens (tertiary/aromatic N) is 4. The molecule has 0 aliphatic carbocycles. The Morgan fingerprint density at radius 3 is 2.41 bits per heavy atom. The van der Waals surface area contributed by atoms with Crippen LogP contribution in [0.4, 0.5) is 5.82 Å². The highest BCUT2D eigenvalue weighted by Gasteiger charge is 2.16. The summed E-state index contributed by atoms with van der Waals surface area (Å²) in [5, 5.41) is 2.94. The molecule has 1 aromatic carbocycles. The predicted octanol–water partition coefficient (Wildman–Crippen LogP) is 4.10. The number of anilines is 1. The van der Waals surface area contributed by atoms with Crippen molar-refractivity contribution in [2.75, 3.05) is 18.0 Å². The molecule has 0 unspecified atom stereocenters. The molecule has 1 N–H and O–H groups in total. The van der Waals surface area contributed by atoms with Gasteiger partial charge in [0.1, 0.15) is 11.5 Å². The fraction of sp³-hybridized carbons (Fsp3) is 0.304. The summed E-state index contributed by atoms with van der Waals surface area (Å²) in [5.41, 5.74) is 2.20. The fourth-order valence-corrected chi connectivity index (χ4v) is 3.09. The molecule has 0 saturated carbocycles. The lowest BCUT2D eigenvalue weighted by atomic mass is 10.2. The van der Waals surface area contributed by atoms with E-state index in [4.69, 9.17) is 4.98 Å². The number of carbonyl (C=O) groups excluding carboxylic acids is 1. The molecule has 0 radical (unpaired) electrons. The molecule has 0 saturated heterocycles. The first-order chi connectivity index (χ1) is 14.2. The van der Waals surface area contributed by atoms with E-state index in [1.54, 1.807) is 18.5 Å². The van der Waals surface area contributed by atoms with Crippen molar-refractivity contribution < 1.29 is 4.79 Å². The Balaban J connectivity index is 1.92. The second kappa shape index (κ2) is 10.3. The van der Waals surface area contributed by atoms with Crippen LogP contribution in [-0.2, 0) is 6.54 Å². The third-order valence-electron chi connectivity index (χ3n) is 4.46. The highest BCUT2D eigenvalue weighted by Crippen LogP contribution is 2.21. The second-order valence-corrected chi connectivity index (χ2v) is 6.83. The topological polar surface area (TPSA) is 71.0 Å². The number of amides is 1. The molecule has 6 heteroatoms. The first-order valence-corrected chi connectivity index (χ1v) is 10.1. The van der Waals surface area contributed by atoms with Gasteiger partial charge in [-0.05, 0) is 24.5 Å². The molecule has 0 aliphatic rings. The van der Waals surface area contributed by atoms with E-state index >= 15 is 0 Å². The van der Waals surface area contributed by atoms with Gasteiger partial charge in [0.15, 0.2) is 5.82 Å². The van der Waals surface area contributed by atoms with Gasteiger partial charge >= 0.3 is 0 Å². The van der Waals surface area contributed by atoms with Crippen LogP contribution in [0.15, 0.2) is 60.9 Å². The summed E-state index contributed by atoms with van der Waals surface area (Å²) < 4.78 is 0. The van der Waals surface area contributed by atoms with Crippen LogP contribution in [0.2, 0.25) is 0 Å². The van der Waals surface area contributed by atoms with Crippen molar-refractivity contribution in [2.24, 2.45) is 0 Å². The molecule has 6 nitrogen and oxygen atoms in total. The summed E-state index contributed by atoms with van der Waals surface area (Å²) in [6, 6.07) is 15.3. The van der Waals surface area contributed by atoms with Gasteiger partial charge < -0.3 is 10.2 Å². The van der Waals surface area contributed by atoms with Crippen LogP contribution in [-0.4, -0.2) is 33.9 Å². The fourth-order valence-electron chi connectivity index (χ4n) is 3.09. The normalized spacial score (nSPS) is 10.6. The number of hydrogen-bond acceptors (Lipinski definition) is 5. The van der Waals surface area contributed by atoms with Crippen LogP contribution in [0.3, 0.4) is 0 Å². The zero-order valence-electron chi connectivity index (χ0n) is 17.0. The Bertz CT molecular complexity index is 909. The first-order valence-electron chi connectivity index (χ1n) is 10.1. The molecule has 0 bridgehead atoms. The molecule has 2 aromatic heterocycles. The van der Waals surface area contributed by atoms with Crippen LogP contribution >= 0.6 is 0 Å². The van der Waals surface area contributed by atoms with E-state index in [-0.39, 0.29) is 5.91 Å². The molecular formula is C23H27N5O. The maximum Gasteiger partial charge on any atom is 0.270 e. The number of aromatic nitrogens is 3. The van der Waals surface area contributed by atoms with Crippen molar-refractivity contribution in [2.45, 2.75) is 33.2 Å². The number of carbonyl (C=O) groups is 1. The molecule has 29 heavy (non-hydrogen) atoms. The molecule has 3 rings (SSSR count). The van der Waals surface area contributed by atoms with E-state index in [0.717, 1.165) is 42.9 Å². The summed E-state index contributed by atoms with van der Waals surface area (Å²) in [7, 11) is 0. The third-order valence-corrected chi connectivity index (χ3v) is 4.46. The van der Waals surface area contributed by atoms with Crippen molar-refractivity contribution in [1.82, 2.24) is 20.3 Å². The number of rotatable bonds is 9. The van der Waals surface area contributed by atoms with Gasteiger partial charge in [-0.1, -0.05) is 50.2 Å².